The lowest BCUT2D eigenvalue weighted by Crippen LogP contribution is -2.34. The largest absolute Gasteiger partial charge is 0.395 e. The first-order chi connectivity index (χ1) is 11.7. The third kappa shape index (κ3) is 3.51. The molecular weight excluding hydrogens is 302 g/mol. The van der Waals surface area contributed by atoms with E-state index < -0.39 is 0 Å². The molecule has 1 heterocycles. The van der Waals surface area contributed by atoms with Crippen molar-refractivity contribution in [1.29, 1.82) is 0 Å². The van der Waals surface area contributed by atoms with Gasteiger partial charge in [0.25, 0.3) is 0 Å². The molecule has 24 heavy (non-hydrogen) atoms. The third-order valence-electron chi connectivity index (χ3n) is 4.39. The summed E-state index contributed by atoms with van der Waals surface area (Å²) in [5.74, 6) is 0. The zero-order valence-corrected chi connectivity index (χ0v) is 13.9. The number of hydrogen-bond donors (Lipinski definition) is 2. The molecule has 0 unspecified atom stereocenters. The van der Waals surface area contributed by atoms with Gasteiger partial charge in [0.15, 0.2) is 0 Å². The fraction of sp³-hybridized carbons (Fsp3) is 0.316. The van der Waals surface area contributed by atoms with Crippen LogP contribution >= 0.6 is 0 Å². The molecule has 1 aliphatic heterocycles. The molecule has 0 saturated carbocycles. The highest BCUT2D eigenvalue weighted by Gasteiger charge is 2.19. The van der Waals surface area contributed by atoms with Crippen LogP contribution in [0.2, 0.25) is 0 Å². The Labute approximate surface area is 142 Å². The third-order valence-corrected chi connectivity index (χ3v) is 4.39. The van der Waals surface area contributed by atoms with Gasteiger partial charge in [-0.15, -0.1) is 0 Å². The van der Waals surface area contributed by atoms with Crippen molar-refractivity contribution in [3.63, 3.8) is 0 Å². The van der Waals surface area contributed by atoms with Crippen LogP contribution in [0.15, 0.2) is 48.5 Å². The van der Waals surface area contributed by atoms with Gasteiger partial charge in [-0.2, -0.15) is 0 Å². The summed E-state index contributed by atoms with van der Waals surface area (Å²) >= 11 is 0. The minimum atomic E-state index is -0.210. The summed E-state index contributed by atoms with van der Waals surface area (Å²) in [5, 5.41) is 11.9. The Hall–Kier alpha value is -2.53. The van der Waals surface area contributed by atoms with Gasteiger partial charge >= 0.3 is 6.03 Å². The molecule has 2 aromatic rings. The highest BCUT2D eigenvalue weighted by molar-refractivity contribution is 5.90. The van der Waals surface area contributed by atoms with E-state index >= 15 is 0 Å². The molecule has 0 radical (unpaired) electrons. The van der Waals surface area contributed by atoms with Crippen molar-refractivity contribution in [3.05, 3.63) is 59.7 Å². The first-order valence-corrected chi connectivity index (χ1v) is 8.23. The molecule has 0 fully saturated rings. The maximum absolute atomic E-state index is 12.2. The molecule has 2 N–H and O–H groups in total. The van der Waals surface area contributed by atoms with E-state index in [1.807, 2.05) is 24.3 Å². The van der Waals surface area contributed by atoms with Crippen molar-refractivity contribution in [3.8, 4) is 0 Å². The molecule has 1 aliphatic rings. The van der Waals surface area contributed by atoms with Crippen molar-refractivity contribution in [2.45, 2.75) is 13.0 Å². The highest BCUT2D eigenvalue weighted by Crippen LogP contribution is 2.30. The van der Waals surface area contributed by atoms with Gasteiger partial charge < -0.3 is 20.2 Å². The SMILES string of the molecule is CN(CCO)C(=O)Nc1ccccc1CN1CCc2ccccc21. The lowest BCUT2D eigenvalue weighted by atomic mass is 10.1. The number of nitrogens with zero attached hydrogens (tertiary/aromatic N) is 2. The Morgan fingerprint density at radius 1 is 1.21 bits per heavy atom. The Morgan fingerprint density at radius 3 is 2.79 bits per heavy atom. The fourth-order valence-electron chi connectivity index (χ4n) is 3.02. The number of hydrogen-bond acceptors (Lipinski definition) is 3. The van der Waals surface area contributed by atoms with Gasteiger partial charge in [-0.3, -0.25) is 0 Å². The normalized spacial score (nSPS) is 12.8. The zero-order chi connectivity index (χ0) is 16.9. The maximum Gasteiger partial charge on any atom is 0.321 e. The van der Waals surface area contributed by atoms with Gasteiger partial charge in [0, 0.05) is 38.1 Å². The molecule has 0 bridgehead atoms. The lowest BCUT2D eigenvalue weighted by molar-refractivity contribution is 0.202. The molecule has 0 atom stereocenters. The Bertz CT molecular complexity index is 717. The molecule has 0 saturated heterocycles. The quantitative estimate of drug-likeness (QED) is 0.889. The molecule has 0 aliphatic carbocycles. The standard InChI is InChI=1S/C19H23N3O2/c1-21(12-13-23)19(24)20-17-8-4-2-7-16(17)14-22-11-10-15-6-3-5-9-18(15)22/h2-9,23H,10-14H2,1H3,(H,20,24). The van der Waals surface area contributed by atoms with E-state index in [9.17, 15) is 4.79 Å². The predicted molar refractivity (Wildman–Crippen MR) is 96.4 cm³/mol. The zero-order valence-electron chi connectivity index (χ0n) is 13.9. The second-order valence-electron chi connectivity index (χ2n) is 6.03. The average molecular weight is 325 g/mol. The van der Waals surface area contributed by atoms with E-state index in [0.717, 1.165) is 30.8 Å². The number of anilines is 2. The summed E-state index contributed by atoms with van der Waals surface area (Å²) in [6.07, 6.45) is 1.06. The number of rotatable bonds is 5. The van der Waals surface area contributed by atoms with Crippen molar-refractivity contribution in [1.82, 2.24) is 4.90 Å². The first-order valence-electron chi connectivity index (χ1n) is 8.23. The van der Waals surface area contributed by atoms with Crippen molar-refractivity contribution in [2.75, 3.05) is 37.0 Å². The van der Waals surface area contributed by atoms with Crippen LogP contribution in [-0.4, -0.2) is 42.8 Å². The topological polar surface area (TPSA) is 55.8 Å². The van der Waals surface area contributed by atoms with Crippen LogP contribution in [0.1, 0.15) is 11.1 Å². The molecule has 3 rings (SSSR count). The van der Waals surface area contributed by atoms with Gasteiger partial charge in [-0.25, -0.2) is 4.79 Å². The average Bonchev–Trinajstić information content (AvgIpc) is 3.00. The molecule has 126 valence electrons. The Kier molecular flexibility index (Phi) is 5.01. The number of fused-ring (bicyclic) bond motifs is 1. The molecule has 0 spiro atoms. The number of nitrogens with one attached hydrogen (secondary N) is 1. The summed E-state index contributed by atoms with van der Waals surface area (Å²) in [6.45, 7) is 2.02. The van der Waals surface area contributed by atoms with E-state index in [-0.39, 0.29) is 12.6 Å². The van der Waals surface area contributed by atoms with Gasteiger partial charge in [0.1, 0.15) is 0 Å². The van der Waals surface area contributed by atoms with Gasteiger partial charge in [-0.1, -0.05) is 36.4 Å². The van der Waals surface area contributed by atoms with Crippen LogP contribution in [0.25, 0.3) is 0 Å². The number of aliphatic hydroxyl groups excluding tert-OH is 1. The van der Waals surface area contributed by atoms with Crippen molar-refractivity contribution in [2.24, 2.45) is 0 Å². The molecule has 2 aromatic carbocycles. The summed E-state index contributed by atoms with van der Waals surface area (Å²) in [7, 11) is 1.67. The number of carbonyl (C=O) groups is 1. The highest BCUT2D eigenvalue weighted by atomic mass is 16.3. The van der Waals surface area contributed by atoms with Crippen LogP contribution in [0, 0.1) is 0 Å². The van der Waals surface area contributed by atoms with Gasteiger partial charge in [0.05, 0.1) is 6.61 Å². The van der Waals surface area contributed by atoms with E-state index in [1.54, 1.807) is 7.05 Å². The second-order valence-corrected chi connectivity index (χ2v) is 6.03. The van der Waals surface area contributed by atoms with Crippen LogP contribution in [-0.2, 0) is 13.0 Å². The maximum atomic E-state index is 12.2. The van der Waals surface area contributed by atoms with E-state index in [2.05, 4.69) is 34.5 Å². The van der Waals surface area contributed by atoms with E-state index in [1.165, 1.54) is 16.2 Å². The van der Waals surface area contributed by atoms with Gasteiger partial charge in [-0.05, 0) is 29.7 Å². The Balaban J connectivity index is 1.75. The van der Waals surface area contributed by atoms with Crippen molar-refractivity contribution < 1.29 is 9.90 Å². The number of carbonyl (C=O) groups excluding carboxylic acids is 1. The number of benzene rings is 2. The predicted octanol–water partition coefficient (Wildman–Crippen LogP) is 2.71. The molecule has 0 aromatic heterocycles. The number of amides is 2. The van der Waals surface area contributed by atoms with Crippen LogP contribution < -0.4 is 10.2 Å². The number of likely N-dealkylation sites (N-methyl/N-ethyl adjacent to an activating group) is 1. The van der Waals surface area contributed by atoms with E-state index in [4.69, 9.17) is 5.11 Å². The molecule has 5 nitrogen and oxygen atoms in total. The first kappa shape index (κ1) is 16.3. The minimum Gasteiger partial charge on any atom is -0.395 e. The lowest BCUT2D eigenvalue weighted by Gasteiger charge is -2.22. The van der Waals surface area contributed by atoms with Crippen LogP contribution in [0.4, 0.5) is 16.2 Å². The number of urea groups is 1. The van der Waals surface area contributed by atoms with Gasteiger partial charge in [0.2, 0.25) is 0 Å². The smallest absolute Gasteiger partial charge is 0.321 e. The monoisotopic (exact) mass is 325 g/mol. The summed E-state index contributed by atoms with van der Waals surface area (Å²) in [6, 6.07) is 16.1. The summed E-state index contributed by atoms with van der Waals surface area (Å²) in [5.41, 5.74) is 4.55. The van der Waals surface area contributed by atoms with Crippen LogP contribution in [0.5, 0.6) is 0 Å². The van der Waals surface area contributed by atoms with Crippen molar-refractivity contribution >= 4 is 17.4 Å². The summed E-state index contributed by atoms with van der Waals surface area (Å²) in [4.78, 5) is 16.0. The minimum absolute atomic E-state index is 0.0455. The van der Waals surface area contributed by atoms with Crippen LogP contribution in [0.3, 0.4) is 0 Å². The Morgan fingerprint density at radius 2 is 1.96 bits per heavy atom. The summed E-state index contributed by atoms with van der Waals surface area (Å²) < 4.78 is 0. The molecule has 5 heteroatoms. The number of para-hydroxylation sites is 2. The van der Waals surface area contributed by atoms with E-state index in [0.29, 0.717) is 6.54 Å². The fourth-order valence-corrected chi connectivity index (χ4v) is 3.02. The molecular formula is C19H23N3O2. The second kappa shape index (κ2) is 7.36. The number of aliphatic hydroxyl groups is 1. The molecule has 2 amide bonds.